The van der Waals surface area contributed by atoms with Crippen LogP contribution in [0, 0.1) is 0 Å². The van der Waals surface area contributed by atoms with Crippen LogP contribution in [0.1, 0.15) is 51.2 Å². The Bertz CT molecular complexity index is 885. The second kappa shape index (κ2) is 7.28. The SMILES string of the molecule is CC(C)(C)c1ccc(-c2nc(-c3ccc(CNC4CCC4)cc3)no2)cc1. The van der Waals surface area contributed by atoms with Gasteiger partial charge in [-0.3, -0.25) is 0 Å². The molecule has 1 aromatic heterocycles. The molecule has 1 aliphatic rings. The molecule has 4 nitrogen and oxygen atoms in total. The van der Waals surface area contributed by atoms with Crippen LogP contribution in [0.15, 0.2) is 53.1 Å². The third-order valence-corrected chi connectivity index (χ3v) is 5.34. The van der Waals surface area contributed by atoms with Crippen LogP contribution in [-0.2, 0) is 12.0 Å². The maximum atomic E-state index is 5.49. The highest BCUT2D eigenvalue weighted by molar-refractivity contribution is 5.60. The minimum Gasteiger partial charge on any atom is -0.334 e. The van der Waals surface area contributed by atoms with Crippen molar-refractivity contribution in [3.8, 4) is 22.8 Å². The van der Waals surface area contributed by atoms with E-state index in [2.05, 4.69) is 72.6 Å². The van der Waals surface area contributed by atoms with E-state index in [1.165, 1.54) is 30.4 Å². The van der Waals surface area contributed by atoms with Gasteiger partial charge < -0.3 is 9.84 Å². The Morgan fingerprint density at radius 3 is 2.22 bits per heavy atom. The predicted molar refractivity (Wildman–Crippen MR) is 108 cm³/mol. The zero-order valence-corrected chi connectivity index (χ0v) is 16.3. The highest BCUT2D eigenvalue weighted by Gasteiger charge is 2.17. The van der Waals surface area contributed by atoms with Crippen LogP contribution >= 0.6 is 0 Å². The van der Waals surface area contributed by atoms with Crippen molar-refractivity contribution in [3.63, 3.8) is 0 Å². The zero-order chi connectivity index (χ0) is 18.9. The molecule has 0 spiro atoms. The number of aromatic nitrogens is 2. The second-order valence-electron chi connectivity index (χ2n) is 8.46. The molecule has 4 rings (SSSR count). The molecule has 2 aromatic carbocycles. The molecule has 0 aliphatic heterocycles. The van der Waals surface area contributed by atoms with Crippen molar-refractivity contribution < 1.29 is 4.52 Å². The first kappa shape index (κ1) is 17.9. The standard InChI is InChI=1S/C23H27N3O/c1-23(2,3)19-13-11-18(12-14-19)22-25-21(26-27-22)17-9-7-16(8-10-17)15-24-20-5-4-6-20/h7-14,20,24H,4-6,15H2,1-3H3. The maximum absolute atomic E-state index is 5.49. The Balaban J connectivity index is 1.45. The lowest BCUT2D eigenvalue weighted by Crippen LogP contribution is -2.34. The van der Waals surface area contributed by atoms with Crippen molar-refractivity contribution in [2.45, 2.75) is 58.0 Å². The lowest BCUT2D eigenvalue weighted by Gasteiger charge is -2.26. The third kappa shape index (κ3) is 4.11. The number of rotatable bonds is 5. The molecule has 0 bridgehead atoms. The van der Waals surface area contributed by atoms with Crippen molar-refractivity contribution in [2.24, 2.45) is 0 Å². The summed E-state index contributed by atoms with van der Waals surface area (Å²) in [5, 5.41) is 7.74. The average Bonchev–Trinajstić information content (AvgIpc) is 3.10. The highest BCUT2D eigenvalue weighted by atomic mass is 16.5. The van der Waals surface area contributed by atoms with E-state index in [1.54, 1.807) is 0 Å². The Morgan fingerprint density at radius 1 is 0.963 bits per heavy atom. The van der Waals surface area contributed by atoms with Crippen LogP contribution in [0.25, 0.3) is 22.8 Å². The summed E-state index contributed by atoms with van der Waals surface area (Å²) in [6, 6.07) is 17.5. The monoisotopic (exact) mass is 361 g/mol. The molecule has 0 radical (unpaired) electrons. The van der Waals surface area contributed by atoms with Gasteiger partial charge >= 0.3 is 0 Å². The molecule has 3 aromatic rings. The van der Waals surface area contributed by atoms with Crippen molar-refractivity contribution in [1.82, 2.24) is 15.5 Å². The summed E-state index contributed by atoms with van der Waals surface area (Å²) in [6.45, 7) is 7.54. The quantitative estimate of drug-likeness (QED) is 0.666. The molecule has 1 N–H and O–H groups in total. The molecule has 0 unspecified atom stereocenters. The summed E-state index contributed by atoms with van der Waals surface area (Å²) in [6.07, 6.45) is 3.97. The number of nitrogens with zero attached hydrogens (tertiary/aromatic N) is 2. The fourth-order valence-corrected chi connectivity index (χ4v) is 3.22. The summed E-state index contributed by atoms with van der Waals surface area (Å²) in [5.74, 6) is 1.18. The van der Waals surface area contributed by atoms with Gasteiger partial charge in [0.2, 0.25) is 5.82 Å². The summed E-state index contributed by atoms with van der Waals surface area (Å²) >= 11 is 0. The first-order valence-corrected chi connectivity index (χ1v) is 9.76. The zero-order valence-electron chi connectivity index (χ0n) is 16.3. The van der Waals surface area contributed by atoms with Gasteiger partial charge in [0.15, 0.2) is 0 Å². The Kier molecular flexibility index (Phi) is 4.83. The molecule has 1 aliphatic carbocycles. The van der Waals surface area contributed by atoms with Crippen molar-refractivity contribution in [1.29, 1.82) is 0 Å². The molecule has 1 fully saturated rings. The van der Waals surface area contributed by atoms with E-state index in [0.717, 1.165) is 17.7 Å². The molecule has 1 heterocycles. The molecule has 27 heavy (non-hydrogen) atoms. The summed E-state index contributed by atoms with van der Waals surface area (Å²) in [4.78, 5) is 4.58. The molecule has 0 saturated heterocycles. The molecule has 4 heteroatoms. The van der Waals surface area contributed by atoms with Gasteiger partial charge in [0.25, 0.3) is 5.89 Å². The van der Waals surface area contributed by atoms with Crippen LogP contribution in [-0.4, -0.2) is 16.2 Å². The number of hydrogen-bond acceptors (Lipinski definition) is 4. The average molecular weight is 361 g/mol. The lowest BCUT2D eigenvalue weighted by atomic mass is 9.87. The van der Waals surface area contributed by atoms with E-state index in [4.69, 9.17) is 4.52 Å². The van der Waals surface area contributed by atoms with Crippen molar-refractivity contribution in [2.75, 3.05) is 0 Å². The van der Waals surface area contributed by atoms with Crippen LogP contribution < -0.4 is 5.32 Å². The fourth-order valence-electron chi connectivity index (χ4n) is 3.22. The van der Waals surface area contributed by atoms with Gasteiger partial charge in [-0.25, -0.2) is 0 Å². The summed E-state index contributed by atoms with van der Waals surface area (Å²) in [5.41, 5.74) is 4.63. The number of hydrogen-bond donors (Lipinski definition) is 1. The van der Waals surface area contributed by atoms with E-state index in [9.17, 15) is 0 Å². The smallest absolute Gasteiger partial charge is 0.258 e. The van der Waals surface area contributed by atoms with E-state index in [0.29, 0.717) is 17.8 Å². The van der Waals surface area contributed by atoms with Crippen molar-refractivity contribution >= 4 is 0 Å². The fraction of sp³-hybridized carbons (Fsp3) is 0.391. The minimum absolute atomic E-state index is 0.133. The van der Waals surface area contributed by atoms with Crippen LogP contribution in [0.4, 0.5) is 0 Å². The first-order valence-electron chi connectivity index (χ1n) is 9.76. The number of nitrogens with one attached hydrogen (secondary N) is 1. The molecule has 140 valence electrons. The Labute approximate surface area is 161 Å². The van der Waals surface area contributed by atoms with Gasteiger partial charge in [-0.15, -0.1) is 0 Å². The molecular weight excluding hydrogens is 334 g/mol. The molecular formula is C23H27N3O. The molecule has 1 saturated carbocycles. The van der Waals surface area contributed by atoms with E-state index in [-0.39, 0.29) is 5.41 Å². The summed E-state index contributed by atoms with van der Waals surface area (Å²) in [7, 11) is 0. The lowest BCUT2D eigenvalue weighted by molar-refractivity contribution is 0.338. The molecule has 0 atom stereocenters. The van der Waals surface area contributed by atoms with Crippen LogP contribution in [0.5, 0.6) is 0 Å². The maximum Gasteiger partial charge on any atom is 0.258 e. The first-order chi connectivity index (χ1) is 13.0. The van der Waals surface area contributed by atoms with Gasteiger partial charge in [-0.1, -0.05) is 68.7 Å². The number of benzene rings is 2. The normalized spacial score (nSPS) is 14.9. The van der Waals surface area contributed by atoms with E-state index in [1.807, 2.05) is 12.1 Å². The van der Waals surface area contributed by atoms with Crippen LogP contribution in [0.3, 0.4) is 0 Å². The van der Waals surface area contributed by atoms with Crippen molar-refractivity contribution in [3.05, 3.63) is 59.7 Å². The van der Waals surface area contributed by atoms with Gasteiger partial charge in [-0.2, -0.15) is 4.98 Å². The van der Waals surface area contributed by atoms with E-state index < -0.39 is 0 Å². The predicted octanol–water partition coefficient (Wildman–Crippen LogP) is 5.34. The molecule has 0 amide bonds. The van der Waals surface area contributed by atoms with Gasteiger partial charge in [0, 0.05) is 23.7 Å². The van der Waals surface area contributed by atoms with Crippen LogP contribution in [0.2, 0.25) is 0 Å². The largest absolute Gasteiger partial charge is 0.334 e. The van der Waals surface area contributed by atoms with Gasteiger partial charge in [0.1, 0.15) is 0 Å². The second-order valence-corrected chi connectivity index (χ2v) is 8.46. The minimum atomic E-state index is 0.133. The van der Waals surface area contributed by atoms with E-state index >= 15 is 0 Å². The summed E-state index contributed by atoms with van der Waals surface area (Å²) < 4.78 is 5.49. The topological polar surface area (TPSA) is 51.0 Å². The third-order valence-electron chi connectivity index (χ3n) is 5.34. The Hall–Kier alpha value is -2.46. The highest BCUT2D eigenvalue weighted by Crippen LogP contribution is 2.27. The van der Waals surface area contributed by atoms with Gasteiger partial charge in [-0.05, 0) is 41.5 Å². The van der Waals surface area contributed by atoms with Gasteiger partial charge in [0.05, 0.1) is 0 Å². The Morgan fingerprint density at radius 2 is 1.63 bits per heavy atom.